The van der Waals surface area contributed by atoms with E-state index < -0.39 is 69.0 Å². The largest absolute Gasteiger partial charge is 0.508 e. The fraction of sp³-hybridized carbons (Fsp3) is 0.238. The van der Waals surface area contributed by atoms with Gasteiger partial charge in [-0.25, -0.2) is 4.79 Å². The molecule has 166 valence electrons. The summed E-state index contributed by atoms with van der Waals surface area (Å²) in [6.07, 6.45) is -2.30. The van der Waals surface area contributed by atoms with E-state index in [2.05, 4.69) is 4.74 Å². The molecular formula is C21H16O11. The van der Waals surface area contributed by atoms with E-state index in [1.807, 2.05) is 0 Å². The van der Waals surface area contributed by atoms with Gasteiger partial charge in [-0.2, -0.15) is 0 Å². The number of aliphatic hydroxyl groups excluding tert-OH is 2. The summed E-state index contributed by atoms with van der Waals surface area (Å²) in [4.78, 5) is 50.3. The molecule has 2 aromatic carbocycles. The first-order valence-electron chi connectivity index (χ1n) is 9.11. The van der Waals surface area contributed by atoms with Gasteiger partial charge in [0, 0.05) is 17.0 Å². The summed E-state index contributed by atoms with van der Waals surface area (Å²) in [5, 5.41) is 63.1. The van der Waals surface area contributed by atoms with E-state index in [-0.39, 0.29) is 21.9 Å². The molecule has 0 bridgehead atoms. The number of rotatable bonds is 1. The molecule has 0 aromatic heterocycles. The van der Waals surface area contributed by atoms with Crippen LogP contribution in [0.4, 0.5) is 0 Å². The molecular weight excluding hydrogens is 428 g/mol. The lowest BCUT2D eigenvalue weighted by molar-refractivity contribution is -0.167. The average Bonchev–Trinajstić information content (AvgIpc) is 2.73. The van der Waals surface area contributed by atoms with Crippen LogP contribution >= 0.6 is 0 Å². The SMILES string of the molecule is COC(=O)c1c(O)cc2cc3c(c(O)c2c1C)C(=O)[C@]1(O)C(O)=CC(=O)[C@@H](O)[C@]1(O)C3=O. The number of methoxy groups -OCH3 is 1. The number of ether oxygens (including phenoxy) is 1. The first-order chi connectivity index (χ1) is 14.8. The molecule has 0 saturated carbocycles. The first kappa shape index (κ1) is 21.4. The highest BCUT2D eigenvalue weighted by Gasteiger charge is 2.72. The minimum absolute atomic E-state index is 0.0288. The van der Waals surface area contributed by atoms with Gasteiger partial charge in [0.15, 0.2) is 11.9 Å². The van der Waals surface area contributed by atoms with Crippen LogP contribution in [0.25, 0.3) is 10.8 Å². The second kappa shape index (κ2) is 6.36. The highest BCUT2D eigenvalue weighted by Crippen LogP contribution is 2.49. The molecule has 6 N–H and O–H groups in total. The van der Waals surface area contributed by atoms with Gasteiger partial charge < -0.3 is 35.4 Å². The maximum absolute atomic E-state index is 13.2. The van der Waals surface area contributed by atoms with Gasteiger partial charge in [0.1, 0.15) is 22.8 Å². The number of aromatic hydroxyl groups is 2. The van der Waals surface area contributed by atoms with Crippen LogP contribution in [-0.2, 0) is 9.53 Å². The fourth-order valence-corrected chi connectivity index (χ4v) is 4.38. The van der Waals surface area contributed by atoms with E-state index in [9.17, 15) is 49.8 Å². The normalized spacial score (nSPS) is 27.1. The fourth-order valence-electron chi connectivity index (χ4n) is 4.38. The summed E-state index contributed by atoms with van der Waals surface area (Å²) in [5.41, 5.74) is -8.80. The number of carbonyl (C=O) groups is 4. The summed E-state index contributed by atoms with van der Waals surface area (Å²) >= 11 is 0. The van der Waals surface area contributed by atoms with Crippen LogP contribution in [-0.4, -0.2) is 78.4 Å². The van der Waals surface area contributed by atoms with E-state index in [0.29, 0.717) is 6.08 Å². The van der Waals surface area contributed by atoms with Crippen molar-refractivity contribution in [3.05, 3.63) is 46.2 Å². The number of hydrogen-bond donors (Lipinski definition) is 6. The standard InChI is InChI=1S/C21H16O11/c1-6-12-7(4-9(22)13(6)19(29)32-2)3-8-14(15(12)25)18(28)20(30)11(24)5-10(23)17(27)21(20,31)16(8)26/h3-5,17,22,24-25,27,30-31H,1-2H3/t17-,20-,21-/m1/s1. The molecule has 0 heterocycles. The third-order valence-corrected chi connectivity index (χ3v) is 6.03. The number of benzene rings is 2. The van der Waals surface area contributed by atoms with E-state index in [0.717, 1.165) is 19.2 Å². The molecule has 2 aromatic rings. The molecule has 0 aliphatic heterocycles. The van der Waals surface area contributed by atoms with Gasteiger partial charge in [0.2, 0.25) is 22.8 Å². The van der Waals surface area contributed by atoms with Crippen molar-refractivity contribution in [2.45, 2.75) is 24.2 Å². The average molecular weight is 444 g/mol. The molecule has 0 saturated heterocycles. The lowest BCUT2D eigenvalue weighted by Crippen LogP contribution is -2.75. The zero-order valence-corrected chi connectivity index (χ0v) is 16.5. The molecule has 2 aliphatic carbocycles. The Balaban J connectivity index is 2.15. The summed E-state index contributed by atoms with van der Waals surface area (Å²) in [6, 6.07) is 1.97. The Morgan fingerprint density at radius 2 is 1.69 bits per heavy atom. The third kappa shape index (κ3) is 2.19. The van der Waals surface area contributed by atoms with Crippen molar-refractivity contribution in [3.8, 4) is 11.5 Å². The molecule has 11 nitrogen and oxygen atoms in total. The maximum atomic E-state index is 13.2. The molecule has 0 spiro atoms. The van der Waals surface area contributed by atoms with Crippen LogP contribution in [0.15, 0.2) is 24.0 Å². The summed E-state index contributed by atoms with van der Waals surface area (Å²) in [7, 11) is 1.06. The summed E-state index contributed by atoms with van der Waals surface area (Å²) in [5.74, 6) is -8.24. The Hall–Kier alpha value is -3.80. The number of hydrogen-bond acceptors (Lipinski definition) is 11. The zero-order valence-electron chi connectivity index (χ0n) is 16.5. The van der Waals surface area contributed by atoms with Crippen molar-refractivity contribution in [1.82, 2.24) is 0 Å². The van der Waals surface area contributed by atoms with E-state index in [1.54, 1.807) is 0 Å². The Morgan fingerprint density at radius 3 is 2.28 bits per heavy atom. The summed E-state index contributed by atoms with van der Waals surface area (Å²) < 4.78 is 4.60. The maximum Gasteiger partial charge on any atom is 0.341 e. The second-order valence-corrected chi connectivity index (χ2v) is 7.60. The highest BCUT2D eigenvalue weighted by molar-refractivity contribution is 6.29. The van der Waals surface area contributed by atoms with Gasteiger partial charge in [-0.1, -0.05) is 0 Å². The number of phenolic OH excluding ortho intramolecular Hbond substituents is 2. The number of Topliss-reactive ketones (excluding diaryl/α,β-unsaturated/α-hetero) is 2. The minimum Gasteiger partial charge on any atom is -0.508 e. The molecule has 0 fully saturated rings. The Bertz CT molecular complexity index is 1320. The van der Waals surface area contributed by atoms with Gasteiger partial charge in [-0.05, 0) is 30.0 Å². The topological polar surface area (TPSA) is 199 Å². The van der Waals surface area contributed by atoms with Crippen molar-refractivity contribution < 1.29 is 54.6 Å². The number of phenols is 2. The third-order valence-electron chi connectivity index (χ3n) is 6.03. The van der Waals surface area contributed by atoms with Crippen LogP contribution in [0, 0.1) is 6.92 Å². The number of esters is 1. The molecule has 2 aliphatic rings. The lowest BCUT2D eigenvalue weighted by Gasteiger charge is -2.47. The van der Waals surface area contributed by atoms with Gasteiger partial charge in [-0.3, -0.25) is 14.4 Å². The molecule has 0 radical (unpaired) electrons. The number of ketones is 3. The summed E-state index contributed by atoms with van der Waals surface area (Å²) in [6.45, 7) is 1.32. The van der Waals surface area contributed by atoms with Gasteiger partial charge >= 0.3 is 5.97 Å². The number of carbonyl (C=O) groups excluding carboxylic acids is 4. The monoisotopic (exact) mass is 444 g/mol. The van der Waals surface area contributed by atoms with Gasteiger partial charge in [0.05, 0.1) is 12.7 Å². The quantitative estimate of drug-likeness (QED) is 0.312. The van der Waals surface area contributed by atoms with Gasteiger partial charge in [0.25, 0.3) is 0 Å². The smallest absolute Gasteiger partial charge is 0.341 e. The Morgan fingerprint density at radius 1 is 1.06 bits per heavy atom. The van der Waals surface area contributed by atoms with Crippen molar-refractivity contribution >= 4 is 34.1 Å². The molecule has 0 amide bonds. The van der Waals surface area contributed by atoms with Crippen LogP contribution < -0.4 is 0 Å². The van der Waals surface area contributed by atoms with Crippen LogP contribution in [0.5, 0.6) is 11.5 Å². The molecule has 11 heteroatoms. The number of aryl methyl sites for hydroxylation is 1. The molecule has 0 unspecified atom stereocenters. The molecule has 3 atom stereocenters. The van der Waals surface area contributed by atoms with E-state index in [1.165, 1.54) is 6.92 Å². The van der Waals surface area contributed by atoms with Crippen molar-refractivity contribution in [1.29, 1.82) is 0 Å². The first-order valence-corrected chi connectivity index (χ1v) is 9.11. The van der Waals surface area contributed by atoms with E-state index >= 15 is 0 Å². The Labute approximate surface area is 178 Å². The van der Waals surface area contributed by atoms with E-state index in [4.69, 9.17) is 0 Å². The predicted molar refractivity (Wildman–Crippen MR) is 104 cm³/mol. The highest BCUT2D eigenvalue weighted by atomic mass is 16.5. The van der Waals surface area contributed by atoms with Crippen molar-refractivity contribution in [3.63, 3.8) is 0 Å². The van der Waals surface area contributed by atoms with Crippen molar-refractivity contribution in [2.75, 3.05) is 7.11 Å². The molecule has 32 heavy (non-hydrogen) atoms. The minimum atomic E-state index is -3.48. The zero-order chi connectivity index (χ0) is 23.9. The van der Waals surface area contributed by atoms with Crippen LogP contribution in [0.2, 0.25) is 0 Å². The Kier molecular flexibility index (Phi) is 4.26. The number of aliphatic hydroxyl groups is 4. The van der Waals surface area contributed by atoms with Crippen molar-refractivity contribution in [2.24, 2.45) is 0 Å². The molecule has 4 rings (SSSR count). The lowest BCUT2D eigenvalue weighted by atomic mass is 9.60. The second-order valence-electron chi connectivity index (χ2n) is 7.60. The van der Waals surface area contributed by atoms with Crippen LogP contribution in [0.3, 0.4) is 0 Å². The number of fused-ring (bicyclic) bond motifs is 3. The van der Waals surface area contributed by atoms with Gasteiger partial charge in [-0.15, -0.1) is 0 Å². The predicted octanol–water partition coefficient (Wildman–Crippen LogP) is -0.427. The van der Waals surface area contributed by atoms with Crippen LogP contribution in [0.1, 0.15) is 36.6 Å².